The van der Waals surface area contributed by atoms with Gasteiger partial charge in [-0.15, -0.1) is 0 Å². The van der Waals surface area contributed by atoms with E-state index in [1.54, 1.807) is 6.21 Å². The summed E-state index contributed by atoms with van der Waals surface area (Å²) in [6.45, 7) is 2.26. The van der Waals surface area contributed by atoms with Gasteiger partial charge in [0.2, 0.25) is 0 Å². The van der Waals surface area contributed by atoms with E-state index in [9.17, 15) is 13.2 Å². The van der Waals surface area contributed by atoms with Crippen LogP contribution in [0.1, 0.15) is 93.7 Å². The third-order valence-electron chi connectivity index (χ3n) is 6.46. The van der Waals surface area contributed by atoms with E-state index in [-0.39, 0.29) is 5.56 Å². The Morgan fingerprint density at radius 2 is 1.38 bits per heavy atom. The molecule has 5 heteroatoms. The second kappa shape index (κ2) is 12.6. The number of unbranched alkanes of at least 4 members (excludes halogenated alkanes) is 4. The number of rotatable bonds is 10. The van der Waals surface area contributed by atoms with Gasteiger partial charge in [-0.1, -0.05) is 69.7 Å². The highest BCUT2D eigenvalue weighted by molar-refractivity contribution is 5.82. The van der Waals surface area contributed by atoms with Gasteiger partial charge in [0.05, 0.1) is 12.4 Å². The first kappa shape index (κ1) is 24.2. The molecule has 0 saturated heterocycles. The number of halogens is 3. The Morgan fingerprint density at radius 3 is 2.00 bits per heavy atom. The Kier molecular flexibility index (Phi) is 9.51. The van der Waals surface area contributed by atoms with E-state index in [0.717, 1.165) is 23.6 Å². The molecule has 0 heterocycles. The van der Waals surface area contributed by atoms with E-state index in [1.807, 2.05) is 12.1 Å². The van der Waals surface area contributed by atoms with Crippen LogP contribution in [-0.4, -0.2) is 12.4 Å². The number of hydrogen-bond acceptors (Lipinski definition) is 2. The Labute approximate surface area is 189 Å². The van der Waals surface area contributed by atoms with Crippen LogP contribution >= 0.6 is 0 Å². The third kappa shape index (κ3) is 7.32. The molecule has 0 unspecified atom stereocenters. The van der Waals surface area contributed by atoms with Crippen LogP contribution < -0.4 is 0 Å². The summed E-state index contributed by atoms with van der Waals surface area (Å²) < 4.78 is 39.4. The average molecular weight is 443 g/mol. The van der Waals surface area contributed by atoms with Gasteiger partial charge in [-0.2, -0.15) is 10.2 Å². The van der Waals surface area contributed by atoms with Crippen LogP contribution in [0.4, 0.5) is 13.2 Å². The normalized spacial score (nSPS) is 19.2. The summed E-state index contributed by atoms with van der Waals surface area (Å²) in [5.74, 6) is -2.43. The van der Waals surface area contributed by atoms with Crippen LogP contribution in [0.5, 0.6) is 0 Å². The standard InChI is InChI=1S/C27H33F3N2/c1-2-3-4-5-6-7-20-8-12-23(13-9-20)24-14-10-21(11-15-24)18-31-32-19-22-16-25(28)27(30)26(29)17-22/h10-11,14-20,23H,2-9,12-13H2,1H3/b31-18+,32-19+. The zero-order valence-corrected chi connectivity index (χ0v) is 18.9. The van der Waals surface area contributed by atoms with Gasteiger partial charge in [-0.3, -0.25) is 0 Å². The van der Waals surface area contributed by atoms with Crippen LogP contribution in [0.15, 0.2) is 46.6 Å². The first-order valence-corrected chi connectivity index (χ1v) is 11.9. The summed E-state index contributed by atoms with van der Waals surface area (Å²) in [4.78, 5) is 0. The summed E-state index contributed by atoms with van der Waals surface area (Å²) in [6.07, 6.45) is 16.2. The van der Waals surface area contributed by atoms with Crippen molar-refractivity contribution >= 4 is 12.4 Å². The predicted molar refractivity (Wildman–Crippen MR) is 126 cm³/mol. The smallest absolute Gasteiger partial charge is 0.194 e. The number of nitrogens with zero attached hydrogens (tertiary/aromatic N) is 2. The minimum absolute atomic E-state index is 0.116. The van der Waals surface area contributed by atoms with Crippen LogP contribution in [0.25, 0.3) is 0 Å². The number of hydrogen-bond donors (Lipinski definition) is 0. The minimum Gasteiger partial charge on any atom is -0.204 e. The summed E-state index contributed by atoms with van der Waals surface area (Å²) in [6, 6.07) is 10.1. The Bertz CT molecular complexity index is 875. The molecule has 0 aliphatic heterocycles. The molecule has 1 aliphatic carbocycles. The van der Waals surface area contributed by atoms with Gasteiger partial charge >= 0.3 is 0 Å². The SMILES string of the molecule is CCCCCCCC1CCC(c2ccc(/C=N/N=C/c3cc(F)c(F)c(F)c3)cc2)CC1. The Morgan fingerprint density at radius 1 is 0.781 bits per heavy atom. The van der Waals surface area contributed by atoms with Crippen molar-refractivity contribution in [3.8, 4) is 0 Å². The topological polar surface area (TPSA) is 24.7 Å². The molecule has 1 fully saturated rings. The molecule has 0 N–H and O–H groups in total. The highest BCUT2D eigenvalue weighted by atomic mass is 19.2. The first-order valence-electron chi connectivity index (χ1n) is 11.9. The van der Waals surface area contributed by atoms with Crippen molar-refractivity contribution in [2.24, 2.45) is 16.1 Å². The highest BCUT2D eigenvalue weighted by Gasteiger charge is 2.21. The van der Waals surface area contributed by atoms with E-state index in [0.29, 0.717) is 5.92 Å². The molecular formula is C27H33F3N2. The van der Waals surface area contributed by atoms with E-state index in [4.69, 9.17) is 0 Å². The van der Waals surface area contributed by atoms with Gasteiger partial charge in [-0.25, -0.2) is 13.2 Å². The molecule has 2 aromatic carbocycles. The second-order valence-electron chi connectivity index (χ2n) is 8.87. The predicted octanol–water partition coefficient (Wildman–Crippen LogP) is 8.19. The fourth-order valence-corrected chi connectivity index (χ4v) is 4.52. The fraction of sp³-hybridized carbons (Fsp3) is 0.481. The van der Waals surface area contributed by atoms with E-state index >= 15 is 0 Å². The monoisotopic (exact) mass is 442 g/mol. The van der Waals surface area contributed by atoms with E-state index in [2.05, 4.69) is 29.3 Å². The summed E-state index contributed by atoms with van der Waals surface area (Å²) >= 11 is 0. The molecule has 2 nitrogen and oxygen atoms in total. The van der Waals surface area contributed by atoms with E-state index in [1.165, 1.54) is 76.0 Å². The zero-order valence-electron chi connectivity index (χ0n) is 18.9. The lowest BCUT2D eigenvalue weighted by Crippen LogP contribution is -2.13. The lowest BCUT2D eigenvalue weighted by atomic mass is 9.77. The largest absolute Gasteiger partial charge is 0.204 e. The van der Waals surface area contributed by atoms with Gasteiger partial charge in [0.1, 0.15) is 0 Å². The Hall–Kier alpha value is -2.43. The molecule has 32 heavy (non-hydrogen) atoms. The van der Waals surface area contributed by atoms with Gasteiger partial charge in [-0.05, 0) is 60.8 Å². The van der Waals surface area contributed by atoms with Crippen LogP contribution in [-0.2, 0) is 0 Å². The Balaban J connectivity index is 1.44. The van der Waals surface area contributed by atoms with Crippen molar-refractivity contribution in [2.45, 2.75) is 77.0 Å². The molecule has 0 bridgehead atoms. The van der Waals surface area contributed by atoms with Crippen LogP contribution in [0, 0.1) is 23.4 Å². The van der Waals surface area contributed by atoms with Gasteiger partial charge in [0.15, 0.2) is 17.5 Å². The maximum Gasteiger partial charge on any atom is 0.194 e. The average Bonchev–Trinajstić information content (AvgIpc) is 2.81. The van der Waals surface area contributed by atoms with Crippen molar-refractivity contribution in [3.63, 3.8) is 0 Å². The molecular weight excluding hydrogens is 409 g/mol. The summed E-state index contributed by atoms with van der Waals surface area (Å²) in [5, 5.41) is 7.72. The molecule has 0 aromatic heterocycles. The maximum absolute atomic E-state index is 13.2. The highest BCUT2D eigenvalue weighted by Crippen LogP contribution is 2.37. The van der Waals surface area contributed by atoms with Gasteiger partial charge < -0.3 is 0 Å². The van der Waals surface area contributed by atoms with Crippen molar-refractivity contribution in [2.75, 3.05) is 0 Å². The lowest BCUT2D eigenvalue weighted by molar-refractivity contribution is 0.302. The fourth-order valence-electron chi connectivity index (χ4n) is 4.52. The molecule has 1 aliphatic rings. The van der Waals surface area contributed by atoms with E-state index < -0.39 is 17.5 Å². The zero-order chi connectivity index (χ0) is 22.8. The molecule has 0 radical (unpaired) electrons. The van der Waals surface area contributed by atoms with Crippen molar-refractivity contribution < 1.29 is 13.2 Å². The maximum atomic E-state index is 13.2. The molecule has 0 amide bonds. The molecule has 172 valence electrons. The molecule has 0 spiro atoms. The van der Waals surface area contributed by atoms with Crippen molar-refractivity contribution in [3.05, 3.63) is 70.5 Å². The van der Waals surface area contributed by atoms with Crippen LogP contribution in [0.3, 0.4) is 0 Å². The van der Waals surface area contributed by atoms with Crippen molar-refractivity contribution in [1.82, 2.24) is 0 Å². The molecule has 0 atom stereocenters. The quantitative estimate of drug-likeness (QED) is 0.153. The van der Waals surface area contributed by atoms with Gasteiger partial charge in [0, 0.05) is 5.56 Å². The first-order chi connectivity index (χ1) is 15.6. The number of benzene rings is 2. The summed E-state index contributed by atoms with van der Waals surface area (Å²) in [5.41, 5.74) is 2.40. The minimum atomic E-state index is -1.48. The molecule has 2 aromatic rings. The van der Waals surface area contributed by atoms with Crippen LogP contribution in [0.2, 0.25) is 0 Å². The van der Waals surface area contributed by atoms with Gasteiger partial charge in [0.25, 0.3) is 0 Å². The lowest BCUT2D eigenvalue weighted by Gasteiger charge is -2.29. The summed E-state index contributed by atoms with van der Waals surface area (Å²) in [7, 11) is 0. The third-order valence-corrected chi connectivity index (χ3v) is 6.46. The van der Waals surface area contributed by atoms with Crippen molar-refractivity contribution in [1.29, 1.82) is 0 Å². The molecule has 3 rings (SSSR count). The second-order valence-corrected chi connectivity index (χ2v) is 8.87. The molecule has 1 saturated carbocycles.